The van der Waals surface area contributed by atoms with Gasteiger partial charge < -0.3 is 0 Å². The van der Waals surface area contributed by atoms with E-state index in [1.165, 1.54) is 50.1 Å². The third kappa shape index (κ3) is 2.87. The molecular weight excluding hydrogens is 368 g/mol. The van der Waals surface area contributed by atoms with E-state index < -0.39 is 0 Å². The molecule has 3 aromatic rings. The second kappa shape index (κ2) is 6.31. The average Bonchev–Trinajstić information content (AvgIpc) is 2.89. The summed E-state index contributed by atoms with van der Waals surface area (Å²) in [4.78, 5) is 0.224. The van der Waals surface area contributed by atoms with Crippen LogP contribution in [0, 0.1) is 20.8 Å². The number of halogens is 1. The number of hydrogen-bond acceptors (Lipinski definition) is 0. The Labute approximate surface area is 158 Å². The normalized spacial score (nSPS) is 16.2. The summed E-state index contributed by atoms with van der Waals surface area (Å²) in [7, 11) is 0. The van der Waals surface area contributed by atoms with Gasteiger partial charge in [0.05, 0.1) is 4.83 Å². The van der Waals surface area contributed by atoms with E-state index in [-0.39, 0.29) is 4.83 Å². The lowest BCUT2D eigenvalue weighted by atomic mass is 9.93. The molecular formula is C24H21Br. The monoisotopic (exact) mass is 388 g/mol. The smallest absolute Gasteiger partial charge is 0.0662 e. The molecule has 0 radical (unpaired) electrons. The van der Waals surface area contributed by atoms with Gasteiger partial charge in [0.25, 0.3) is 0 Å². The molecule has 0 aliphatic heterocycles. The third-order valence-electron chi connectivity index (χ3n) is 4.98. The van der Waals surface area contributed by atoms with Crippen LogP contribution in [-0.4, -0.2) is 0 Å². The maximum absolute atomic E-state index is 3.99. The Morgan fingerprint density at radius 3 is 1.76 bits per heavy atom. The molecule has 3 aromatic carbocycles. The van der Waals surface area contributed by atoms with Crippen LogP contribution in [0.4, 0.5) is 0 Å². The van der Waals surface area contributed by atoms with Crippen molar-refractivity contribution in [3.8, 4) is 0 Å². The van der Waals surface area contributed by atoms with Crippen LogP contribution in [0.5, 0.6) is 0 Å². The van der Waals surface area contributed by atoms with Crippen molar-refractivity contribution in [1.29, 1.82) is 0 Å². The summed E-state index contributed by atoms with van der Waals surface area (Å²) in [5.74, 6) is 0. The number of hydrogen-bond donors (Lipinski definition) is 0. The molecule has 4 rings (SSSR count). The van der Waals surface area contributed by atoms with Crippen molar-refractivity contribution in [3.63, 3.8) is 0 Å². The topological polar surface area (TPSA) is 0 Å². The van der Waals surface area contributed by atoms with E-state index in [0.717, 1.165) is 0 Å². The molecule has 1 unspecified atom stereocenters. The van der Waals surface area contributed by atoms with Crippen LogP contribution in [0.3, 0.4) is 0 Å². The summed E-state index contributed by atoms with van der Waals surface area (Å²) in [6, 6.07) is 24.6. The van der Waals surface area contributed by atoms with Gasteiger partial charge in [-0.1, -0.05) is 99.4 Å². The number of alkyl halides is 1. The summed E-state index contributed by atoms with van der Waals surface area (Å²) in [6.45, 7) is 6.44. The SMILES string of the molecule is Cc1ccc(C2=C(c3ccc(C)cc3)C(Br)c3cc(C)ccc32)cc1. The summed E-state index contributed by atoms with van der Waals surface area (Å²) in [5.41, 5.74) is 11.9. The van der Waals surface area contributed by atoms with Crippen LogP contribution in [-0.2, 0) is 0 Å². The van der Waals surface area contributed by atoms with Crippen LogP contribution in [0.25, 0.3) is 11.1 Å². The fourth-order valence-corrected chi connectivity index (χ4v) is 4.47. The van der Waals surface area contributed by atoms with Gasteiger partial charge in [0, 0.05) is 0 Å². The number of fused-ring (bicyclic) bond motifs is 1. The van der Waals surface area contributed by atoms with Gasteiger partial charge in [0.15, 0.2) is 0 Å². The summed E-state index contributed by atoms with van der Waals surface area (Å²) < 4.78 is 0. The molecule has 0 heterocycles. The van der Waals surface area contributed by atoms with Gasteiger partial charge in [-0.05, 0) is 54.2 Å². The molecule has 0 amide bonds. The van der Waals surface area contributed by atoms with Crippen molar-refractivity contribution in [3.05, 3.63) is 106 Å². The van der Waals surface area contributed by atoms with E-state index in [0.29, 0.717) is 0 Å². The lowest BCUT2D eigenvalue weighted by Crippen LogP contribution is -1.91. The minimum absolute atomic E-state index is 0.224. The number of allylic oxidation sites excluding steroid dienone is 1. The van der Waals surface area contributed by atoms with E-state index >= 15 is 0 Å². The van der Waals surface area contributed by atoms with Gasteiger partial charge in [0.2, 0.25) is 0 Å². The van der Waals surface area contributed by atoms with Gasteiger partial charge >= 0.3 is 0 Å². The molecule has 25 heavy (non-hydrogen) atoms. The Morgan fingerprint density at radius 2 is 1.16 bits per heavy atom. The average molecular weight is 389 g/mol. The lowest BCUT2D eigenvalue weighted by Gasteiger charge is -2.13. The highest BCUT2D eigenvalue weighted by Gasteiger charge is 2.31. The van der Waals surface area contributed by atoms with E-state index in [1.54, 1.807) is 0 Å². The molecule has 0 spiro atoms. The van der Waals surface area contributed by atoms with Gasteiger partial charge in [-0.15, -0.1) is 0 Å². The second-order valence-electron chi connectivity index (χ2n) is 6.97. The quantitative estimate of drug-likeness (QED) is 0.413. The molecule has 124 valence electrons. The van der Waals surface area contributed by atoms with Crippen LogP contribution < -0.4 is 0 Å². The van der Waals surface area contributed by atoms with Gasteiger partial charge in [0.1, 0.15) is 0 Å². The number of rotatable bonds is 2. The lowest BCUT2D eigenvalue weighted by molar-refractivity contribution is 1.27. The zero-order chi connectivity index (χ0) is 17.6. The molecule has 0 saturated carbocycles. The summed E-state index contributed by atoms with van der Waals surface area (Å²) >= 11 is 3.99. The Bertz CT molecular complexity index is 960. The summed E-state index contributed by atoms with van der Waals surface area (Å²) in [6.07, 6.45) is 0. The molecule has 0 fully saturated rings. The minimum atomic E-state index is 0.224. The largest absolute Gasteiger partial charge is 0.0786 e. The zero-order valence-corrected chi connectivity index (χ0v) is 16.4. The highest BCUT2D eigenvalue weighted by Crippen LogP contribution is 2.52. The number of aryl methyl sites for hydroxylation is 3. The molecule has 1 aliphatic carbocycles. The highest BCUT2D eigenvalue weighted by atomic mass is 79.9. The van der Waals surface area contributed by atoms with Gasteiger partial charge in [-0.2, -0.15) is 0 Å². The van der Waals surface area contributed by atoms with Crippen LogP contribution >= 0.6 is 15.9 Å². The summed E-state index contributed by atoms with van der Waals surface area (Å²) in [5, 5.41) is 0. The standard InChI is InChI=1S/C24H21Br/c1-15-4-9-18(10-5-15)22-20-13-8-17(3)14-21(20)24(25)23(22)19-11-6-16(2)7-12-19/h4-14,24H,1-3H3. The van der Waals surface area contributed by atoms with Gasteiger partial charge in [-0.3, -0.25) is 0 Å². The number of benzene rings is 3. The van der Waals surface area contributed by atoms with E-state index in [9.17, 15) is 0 Å². The Hall–Kier alpha value is -2.12. The Kier molecular flexibility index (Phi) is 4.13. The van der Waals surface area contributed by atoms with Crippen molar-refractivity contribution < 1.29 is 0 Å². The van der Waals surface area contributed by atoms with Crippen molar-refractivity contribution in [2.45, 2.75) is 25.6 Å². The van der Waals surface area contributed by atoms with Crippen molar-refractivity contribution in [2.75, 3.05) is 0 Å². The van der Waals surface area contributed by atoms with E-state index in [1.807, 2.05) is 0 Å². The fourth-order valence-electron chi connectivity index (χ4n) is 3.60. The molecule has 0 N–H and O–H groups in total. The van der Waals surface area contributed by atoms with Crippen molar-refractivity contribution in [2.24, 2.45) is 0 Å². The molecule has 0 saturated heterocycles. The molecule has 1 heteroatoms. The molecule has 1 aliphatic rings. The van der Waals surface area contributed by atoms with E-state index in [2.05, 4.69) is 103 Å². The first-order valence-electron chi connectivity index (χ1n) is 8.68. The van der Waals surface area contributed by atoms with Crippen LogP contribution in [0.15, 0.2) is 66.7 Å². The van der Waals surface area contributed by atoms with Crippen molar-refractivity contribution in [1.82, 2.24) is 0 Å². The highest BCUT2D eigenvalue weighted by molar-refractivity contribution is 9.09. The van der Waals surface area contributed by atoms with Crippen molar-refractivity contribution >= 4 is 27.1 Å². The first-order chi connectivity index (χ1) is 12.0. The molecule has 0 nitrogen and oxygen atoms in total. The predicted molar refractivity (Wildman–Crippen MR) is 111 cm³/mol. The first kappa shape index (κ1) is 16.4. The first-order valence-corrected chi connectivity index (χ1v) is 9.59. The Morgan fingerprint density at radius 1 is 0.640 bits per heavy atom. The molecule has 0 bridgehead atoms. The third-order valence-corrected chi connectivity index (χ3v) is 5.93. The molecule has 1 atom stereocenters. The maximum atomic E-state index is 3.99. The fraction of sp³-hybridized carbons (Fsp3) is 0.167. The van der Waals surface area contributed by atoms with Crippen LogP contribution in [0.1, 0.15) is 43.8 Å². The molecule has 0 aromatic heterocycles. The maximum Gasteiger partial charge on any atom is 0.0662 e. The van der Waals surface area contributed by atoms with Crippen LogP contribution in [0.2, 0.25) is 0 Å². The Balaban J connectivity index is 1.99. The van der Waals surface area contributed by atoms with E-state index in [4.69, 9.17) is 0 Å². The zero-order valence-electron chi connectivity index (χ0n) is 14.8. The predicted octanol–water partition coefficient (Wildman–Crippen LogP) is 7.02. The minimum Gasteiger partial charge on any atom is -0.0786 e. The van der Waals surface area contributed by atoms with Gasteiger partial charge in [-0.25, -0.2) is 0 Å². The second-order valence-corrected chi connectivity index (χ2v) is 7.89.